The summed E-state index contributed by atoms with van der Waals surface area (Å²) in [7, 11) is 1.33. The van der Waals surface area contributed by atoms with Crippen LogP contribution < -0.4 is 5.32 Å². The number of H-pyrrole nitrogens is 2. The Morgan fingerprint density at radius 3 is 2.26 bits per heavy atom. The quantitative estimate of drug-likeness (QED) is 0.125. The van der Waals surface area contributed by atoms with Gasteiger partial charge in [0.25, 0.3) is 0 Å². The summed E-state index contributed by atoms with van der Waals surface area (Å²) in [4.78, 5) is 65.3. The molecule has 0 unspecified atom stereocenters. The third kappa shape index (κ3) is 7.57. The van der Waals surface area contributed by atoms with Crippen molar-refractivity contribution >= 4 is 39.7 Å². The highest BCUT2D eigenvalue weighted by Gasteiger charge is 2.63. The Labute approximate surface area is 381 Å². The zero-order valence-corrected chi connectivity index (χ0v) is 38.6. The van der Waals surface area contributed by atoms with Crippen molar-refractivity contribution in [3.8, 4) is 22.4 Å². The lowest BCUT2D eigenvalue weighted by Crippen LogP contribution is -2.58. The molecular weight excluding hydrogens is 813 g/mol. The van der Waals surface area contributed by atoms with Crippen LogP contribution in [0.15, 0.2) is 91.1 Å². The van der Waals surface area contributed by atoms with E-state index in [1.807, 2.05) is 43.1 Å². The van der Waals surface area contributed by atoms with Gasteiger partial charge in [-0.3, -0.25) is 14.5 Å². The minimum absolute atomic E-state index is 0.0785. The number of imidazole rings is 2. The van der Waals surface area contributed by atoms with Gasteiger partial charge in [0.1, 0.15) is 23.7 Å². The van der Waals surface area contributed by atoms with Gasteiger partial charge < -0.3 is 29.8 Å². The molecule has 3 aliphatic heterocycles. The van der Waals surface area contributed by atoms with Crippen LogP contribution in [0.5, 0.6) is 0 Å². The Morgan fingerprint density at radius 2 is 1.52 bits per heavy atom. The normalized spacial score (nSPS) is 25.4. The van der Waals surface area contributed by atoms with Gasteiger partial charge in [-0.2, -0.15) is 0 Å². The molecule has 4 aliphatic rings. The molecule has 1 aliphatic carbocycles. The minimum atomic E-state index is -0.719. The van der Waals surface area contributed by atoms with Crippen molar-refractivity contribution in [2.24, 2.45) is 17.3 Å². The van der Waals surface area contributed by atoms with E-state index in [0.717, 1.165) is 126 Å². The number of ether oxygens (including phenoxy) is 1. The van der Waals surface area contributed by atoms with Crippen molar-refractivity contribution < 1.29 is 19.1 Å². The minimum Gasteiger partial charge on any atom is -0.453 e. The molecule has 3 saturated heterocycles. The highest BCUT2D eigenvalue weighted by molar-refractivity contribution is 5.92. The number of carbonyl (C=O) groups excluding carboxylic acids is 3. The molecular formula is C53H62N8O4. The van der Waals surface area contributed by atoms with Gasteiger partial charge in [0.05, 0.1) is 42.1 Å². The molecule has 4 fully saturated rings. The van der Waals surface area contributed by atoms with E-state index in [4.69, 9.17) is 14.7 Å². The maximum atomic E-state index is 14.6. The van der Waals surface area contributed by atoms with Crippen molar-refractivity contribution in [2.75, 3.05) is 26.7 Å². The zero-order valence-electron chi connectivity index (χ0n) is 38.6. The second-order valence-electron chi connectivity index (χ2n) is 20.2. The molecule has 7 atom stereocenters. The maximum absolute atomic E-state index is 14.6. The van der Waals surface area contributed by atoms with Gasteiger partial charge in [0.2, 0.25) is 11.8 Å². The predicted molar refractivity (Wildman–Crippen MR) is 254 cm³/mol. The van der Waals surface area contributed by atoms with Crippen molar-refractivity contribution in [2.45, 2.75) is 109 Å². The summed E-state index contributed by atoms with van der Waals surface area (Å²) < 4.78 is 4.92. The molecule has 3 N–H and O–H groups in total. The van der Waals surface area contributed by atoms with E-state index in [-0.39, 0.29) is 46.8 Å². The second kappa shape index (κ2) is 16.8. The average molecular weight is 875 g/mol. The van der Waals surface area contributed by atoms with E-state index in [1.54, 1.807) is 0 Å². The number of nitrogens with one attached hydrogen (secondary N) is 3. The number of nitrogens with zero attached hydrogens (tertiary/aromatic N) is 5. The van der Waals surface area contributed by atoms with Crippen LogP contribution >= 0.6 is 0 Å². The summed E-state index contributed by atoms with van der Waals surface area (Å²) in [6, 6.07) is 28.3. The van der Waals surface area contributed by atoms with Crippen LogP contribution in [0.25, 0.3) is 44.2 Å². The van der Waals surface area contributed by atoms with Crippen LogP contribution in [0, 0.1) is 17.3 Å². The first-order valence-corrected chi connectivity index (χ1v) is 23.7. The molecule has 338 valence electrons. The molecule has 1 saturated carbocycles. The number of benzene rings is 4. The SMILES string of the molecule is COC(=O)N[C@H](C(=O)N1[C@H](c2nc3ccc(-c4ccc5cc(-c6cnc([C@@H]7C[C@H](C)CN7C(=O)[C@@H](c7ccccc7)N7CCCC7)[nH]6)ccc5c4)cc3[nH]2)C[C@]2(C)CCC[C@]12C)C(C)C. The predicted octanol–water partition coefficient (Wildman–Crippen LogP) is 10.1. The number of methoxy groups -OCH3 is 1. The molecule has 2 aromatic heterocycles. The van der Waals surface area contributed by atoms with Crippen molar-refractivity contribution in [1.82, 2.24) is 40.0 Å². The van der Waals surface area contributed by atoms with E-state index in [2.05, 4.69) is 113 Å². The van der Waals surface area contributed by atoms with Crippen LogP contribution in [0.3, 0.4) is 0 Å². The summed E-state index contributed by atoms with van der Waals surface area (Å²) in [5.74, 6) is 1.94. The van der Waals surface area contributed by atoms with E-state index in [9.17, 15) is 14.4 Å². The lowest BCUT2D eigenvalue weighted by Gasteiger charge is -2.43. The summed E-state index contributed by atoms with van der Waals surface area (Å²) in [5, 5.41) is 5.08. The fourth-order valence-corrected chi connectivity index (χ4v) is 11.9. The van der Waals surface area contributed by atoms with E-state index < -0.39 is 12.1 Å². The van der Waals surface area contributed by atoms with Gasteiger partial charge in [0, 0.05) is 17.6 Å². The van der Waals surface area contributed by atoms with Gasteiger partial charge in [-0.05, 0) is 128 Å². The van der Waals surface area contributed by atoms with E-state index >= 15 is 0 Å². The third-order valence-electron chi connectivity index (χ3n) is 15.7. The molecule has 3 amide bonds. The lowest BCUT2D eigenvalue weighted by molar-refractivity contribution is -0.142. The standard InChI is InChI=1S/C53H62N8O4/c1-32(2)45(58-51(64)65-6)49(62)61-44(29-52(4)21-12-22-53(52,61)5)48-55-40-20-19-38(28-41(40)56-48)36-15-16-37-27-39(18-17-35(37)26-36)42-30-54-47(57-42)43-25-33(3)31-60(43)50(63)46(59-23-10-11-24-59)34-13-8-7-9-14-34/h7-9,13-20,26-28,30,32-33,43-46H,10-12,21-25,29,31H2,1-6H3,(H,54,57)(H,55,56)(H,58,64)/t33-,43-,44-,45-,46+,52-,53-/m0/s1. The van der Waals surface area contributed by atoms with E-state index in [1.165, 1.54) is 7.11 Å². The first-order chi connectivity index (χ1) is 31.3. The molecule has 12 nitrogen and oxygen atoms in total. The second-order valence-corrected chi connectivity index (χ2v) is 20.2. The smallest absolute Gasteiger partial charge is 0.407 e. The Balaban J connectivity index is 0.889. The van der Waals surface area contributed by atoms with Gasteiger partial charge >= 0.3 is 6.09 Å². The number of amides is 3. The highest BCUT2D eigenvalue weighted by atomic mass is 16.5. The fourth-order valence-electron chi connectivity index (χ4n) is 11.9. The number of aromatic amines is 2. The monoisotopic (exact) mass is 874 g/mol. The molecule has 65 heavy (non-hydrogen) atoms. The molecule has 12 heteroatoms. The third-order valence-corrected chi connectivity index (χ3v) is 15.7. The van der Waals surface area contributed by atoms with Gasteiger partial charge in [-0.1, -0.05) is 94.8 Å². The van der Waals surface area contributed by atoms with Crippen LogP contribution in [0.4, 0.5) is 4.79 Å². The first-order valence-electron chi connectivity index (χ1n) is 23.7. The lowest BCUT2D eigenvalue weighted by atomic mass is 9.74. The Morgan fingerprint density at radius 1 is 0.815 bits per heavy atom. The van der Waals surface area contributed by atoms with Gasteiger partial charge in [-0.15, -0.1) is 0 Å². The average Bonchev–Trinajstić information content (AvgIpc) is 4.17. The number of fused-ring (bicyclic) bond motifs is 3. The summed E-state index contributed by atoms with van der Waals surface area (Å²) in [6.45, 7) is 13.3. The number of carbonyl (C=O) groups is 3. The summed E-state index contributed by atoms with van der Waals surface area (Å²) in [5.41, 5.74) is 6.52. The largest absolute Gasteiger partial charge is 0.453 e. The summed E-state index contributed by atoms with van der Waals surface area (Å²) >= 11 is 0. The van der Waals surface area contributed by atoms with Gasteiger partial charge in [-0.25, -0.2) is 14.8 Å². The highest BCUT2D eigenvalue weighted by Crippen LogP contribution is 2.62. The van der Waals surface area contributed by atoms with Gasteiger partial charge in [0.15, 0.2) is 0 Å². The Kier molecular flexibility index (Phi) is 11.1. The molecule has 0 radical (unpaired) electrons. The number of aromatic nitrogens is 4. The Bertz CT molecular complexity index is 2760. The molecule has 0 spiro atoms. The summed E-state index contributed by atoms with van der Waals surface area (Å²) in [6.07, 6.45) is 8.21. The molecule has 5 heterocycles. The first kappa shape index (κ1) is 42.9. The van der Waals surface area contributed by atoms with Crippen molar-refractivity contribution in [1.29, 1.82) is 0 Å². The zero-order chi connectivity index (χ0) is 45.2. The van der Waals surface area contributed by atoms with Crippen molar-refractivity contribution in [3.63, 3.8) is 0 Å². The molecule has 10 rings (SSSR count). The van der Waals surface area contributed by atoms with E-state index in [0.29, 0.717) is 5.92 Å². The molecule has 6 aromatic rings. The topological polar surface area (TPSA) is 140 Å². The Hall–Kier alpha value is -6.01. The number of hydrogen-bond donors (Lipinski definition) is 3. The number of likely N-dealkylation sites (tertiary alicyclic amines) is 3. The van der Waals surface area contributed by atoms with Crippen molar-refractivity contribution in [3.05, 3.63) is 108 Å². The number of alkyl carbamates (subject to hydrolysis) is 1. The maximum Gasteiger partial charge on any atom is 0.407 e. The number of rotatable bonds is 10. The van der Waals surface area contributed by atoms with Crippen LogP contribution in [-0.2, 0) is 14.3 Å². The van der Waals surface area contributed by atoms with Crippen LogP contribution in [0.2, 0.25) is 0 Å². The molecule has 0 bridgehead atoms. The number of hydrogen-bond acceptors (Lipinski definition) is 7. The fraction of sp³-hybridized carbons (Fsp3) is 0.453. The molecule has 4 aromatic carbocycles. The van der Waals surface area contributed by atoms with Crippen LogP contribution in [0.1, 0.15) is 115 Å². The van der Waals surface area contributed by atoms with Crippen LogP contribution in [-0.4, -0.2) is 90.9 Å².